The smallest absolute Gasteiger partial charge is 0.254 e. The molecule has 1 fully saturated rings. The number of halogens is 1. The van der Waals surface area contributed by atoms with Gasteiger partial charge in [0.1, 0.15) is 5.75 Å². The van der Waals surface area contributed by atoms with E-state index in [9.17, 15) is 9.90 Å². The maximum absolute atomic E-state index is 12.4. The molecule has 1 unspecified atom stereocenters. The first kappa shape index (κ1) is 14.6. The zero-order valence-corrected chi connectivity index (χ0v) is 13.1. The molecule has 1 saturated heterocycles. The maximum atomic E-state index is 12.4. The molecule has 19 heavy (non-hydrogen) atoms. The number of aromatic hydroxyl groups is 1. The van der Waals surface area contributed by atoms with Crippen molar-refractivity contribution in [3.8, 4) is 5.75 Å². The van der Waals surface area contributed by atoms with Crippen molar-refractivity contribution in [1.82, 2.24) is 4.90 Å². The quantitative estimate of drug-likeness (QED) is 0.827. The van der Waals surface area contributed by atoms with Crippen LogP contribution in [0.5, 0.6) is 5.75 Å². The molecular formula is C14H18INO3. The third kappa shape index (κ3) is 3.60. The molecule has 0 radical (unpaired) electrons. The molecule has 2 rings (SSSR count). The third-order valence-corrected chi connectivity index (χ3v) is 4.17. The molecule has 1 amide bonds. The molecule has 104 valence electrons. The lowest BCUT2D eigenvalue weighted by Gasteiger charge is -2.32. The van der Waals surface area contributed by atoms with E-state index < -0.39 is 0 Å². The minimum absolute atomic E-state index is 0.0314. The van der Waals surface area contributed by atoms with E-state index in [1.165, 1.54) is 6.07 Å². The Bertz CT molecular complexity index is 462. The highest BCUT2D eigenvalue weighted by Gasteiger charge is 2.24. The summed E-state index contributed by atoms with van der Waals surface area (Å²) in [5.41, 5.74) is 0.537. The lowest BCUT2D eigenvalue weighted by atomic mass is 10.1. The van der Waals surface area contributed by atoms with Gasteiger partial charge in [0.05, 0.1) is 9.67 Å². The molecule has 1 N–H and O–H groups in total. The second-order valence-electron chi connectivity index (χ2n) is 4.64. The van der Waals surface area contributed by atoms with Gasteiger partial charge in [-0.3, -0.25) is 4.79 Å². The highest BCUT2D eigenvalue weighted by atomic mass is 127. The summed E-state index contributed by atoms with van der Waals surface area (Å²) in [6.07, 6.45) is 2.11. The van der Waals surface area contributed by atoms with E-state index >= 15 is 0 Å². The Morgan fingerprint density at radius 3 is 3.05 bits per heavy atom. The first-order valence-electron chi connectivity index (χ1n) is 6.51. The predicted molar refractivity (Wildman–Crippen MR) is 81.4 cm³/mol. The molecule has 0 spiro atoms. The summed E-state index contributed by atoms with van der Waals surface area (Å²) >= 11 is 2.04. The summed E-state index contributed by atoms with van der Waals surface area (Å²) in [6.45, 7) is 4.05. The van der Waals surface area contributed by atoms with Crippen LogP contribution in [0.1, 0.15) is 30.1 Å². The van der Waals surface area contributed by atoms with Crippen LogP contribution in [-0.4, -0.2) is 41.7 Å². The van der Waals surface area contributed by atoms with Gasteiger partial charge in [-0.15, -0.1) is 0 Å². The van der Waals surface area contributed by atoms with Crippen molar-refractivity contribution in [2.45, 2.75) is 25.9 Å². The summed E-state index contributed by atoms with van der Waals surface area (Å²) in [6, 6.07) is 5.05. The van der Waals surface area contributed by atoms with Crippen molar-refractivity contribution >= 4 is 28.5 Å². The lowest BCUT2D eigenvalue weighted by molar-refractivity contribution is 0.00723. The fraction of sp³-hybridized carbons (Fsp3) is 0.500. The average molecular weight is 375 g/mol. The molecule has 5 heteroatoms. The average Bonchev–Trinajstić information content (AvgIpc) is 2.42. The molecule has 1 aromatic carbocycles. The van der Waals surface area contributed by atoms with E-state index in [-0.39, 0.29) is 17.8 Å². The van der Waals surface area contributed by atoms with E-state index in [4.69, 9.17) is 4.74 Å². The number of carbonyl (C=O) groups is 1. The van der Waals surface area contributed by atoms with Crippen LogP contribution in [0.15, 0.2) is 18.2 Å². The number of piperidine rings is 1. The number of likely N-dealkylation sites (tertiary alicyclic amines) is 1. The number of hydrogen-bond donors (Lipinski definition) is 1. The molecule has 0 aliphatic carbocycles. The van der Waals surface area contributed by atoms with Crippen LogP contribution in [-0.2, 0) is 4.74 Å². The van der Waals surface area contributed by atoms with Crippen molar-refractivity contribution in [3.63, 3.8) is 0 Å². The molecule has 1 aliphatic rings. The Morgan fingerprint density at radius 2 is 2.37 bits per heavy atom. The van der Waals surface area contributed by atoms with E-state index in [1.807, 2.05) is 34.4 Å². The normalized spacial score (nSPS) is 19.5. The van der Waals surface area contributed by atoms with Crippen LogP contribution in [0.2, 0.25) is 0 Å². The summed E-state index contributed by atoms with van der Waals surface area (Å²) < 4.78 is 6.35. The van der Waals surface area contributed by atoms with Gasteiger partial charge in [-0.1, -0.05) is 0 Å². The Kier molecular flexibility index (Phi) is 5.04. The molecule has 0 bridgehead atoms. The van der Waals surface area contributed by atoms with Crippen molar-refractivity contribution in [1.29, 1.82) is 0 Å². The first-order valence-corrected chi connectivity index (χ1v) is 7.59. The van der Waals surface area contributed by atoms with E-state index in [0.29, 0.717) is 18.7 Å². The number of nitrogens with zero attached hydrogens (tertiary/aromatic N) is 1. The molecule has 0 saturated carbocycles. The van der Waals surface area contributed by atoms with Crippen LogP contribution >= 0.6 is 22.6 Å². The van der Waals surface area contributed by atoms with Gasteiger partial charge in [-0.2, -0.15) is 0 Å². The van der Waals surface area contributed by atoms with Crippen molar-refractivity contribution in [3.05, 3.63) is 27.3 Å². The topological polar surface area (TPSA) is 49.8 Å². The van der Waals surface area contributed by atoms with Crippen molar-refractivity contribution in [2.24, 2.45) is 0 Å². The number of ether oxygens (including phenoxy) is 1. The minimum Gasteiger partial charge on any atom is -0.507 e. The van der Waals surface area contributed by atoms with E-state index in [2.05, 4.69) is 0 Å². The second kappa shape index (κ2) is 6.56. The number of carbonyl (C=O) groups excluding carboxylic acids is 1. The van der Waals surface area contributed by atoms with Gasteiger partial charge in [0.15, 0.2) is 0 Å². The first-order chi connectivity index (χ1) is 9.11. The largest absolute Gasteiger partial charge is 0.507 e. The summed E-state index contributed by atoms with van der Waals surface area (Å²) in [7, 11) is 0. The molecule has 1 aliphatic heterocycles. The lowest BCUT2D eigenvalue weighted by Crippen LogP contribution is -2.43. The number of benzene rings is 1. The highest BCUT2D eigenvalue weighted by molar-refractivity contribution is 14.1. The number of phenolic OH excluding ortho intramolecular Hbond substituents is 1. The van der Waals surface area contributed by atoms with Crippen molar-refractivity contribution < 1.29 is 14.6 Å². The van der Waals surface area contributed by atoms with Gasteiger partial charge in [-0.25, -0.2) is 0 Å². The molecule has 4 nitrogen and oxygen atoms in total. The SMILES string of the molecule is CCOC1CCCN(C(=O)c2ccc(I)c(O)c2)C1. The van der Waals surface area contributed by atoms with E-state index in [0.717, 1.165) is 23.0 Å². The molecule has 1 atom stereocenters. The Morgan fingerprint density at radius 1 is 1.58 bits per heavy atom. The van der Waals surface area contributed by atoms with Crippen LogP contribution < -0.4 is 0 Å². The number of hydrogen-bond acceptors (Lipinski definition) is 3. The minimum atomic E-state index is -0.0314. The van der Waals surface area contributed by atoms with Crippen molar-refractivity contribution in [2.75, 3.05) is 19.7 Å². The fourth-order valence-electron chi connectivity index (χ4n) is 2.32. The maximum Gasteiger partial charge on any atom is 0.254 e. The van der Waals surface area contributed by atoms with Gasteiger partial charge in [0, 0.05) is 25.3 Å². The molecule has 1 aromatic rings. The van der Waals surface area contributed by atoms with Gasteiger partial charge in [0.2, 0.25) is 0 Å². The molecule has 0 aromatic heterocycles. The van der Waals surface area contributed by atoms with Gasteiger partial charge >= 0.3 is 0 Å². The monoisotopic (exact) mass is 375 g/mol. The molecule has 1 heterocycles. The Labute approximate surface area is 126 Å². The van der Waals surface area contributed by atoms with Crippen LogP contribution in [0.3, 0.4) is 0 Å². The van der Waals surface area contributed by atoms with Gasteiger partial charge in [-0.05, 0) is 60.6 Å². The molecular weight excluding hydrogens is 357 g/mol. The Hall–Kier alpha value is -0.820. The number of phenols is 1. The Balaban J connectivity index is 2.08. The number of amides is 1. The fourth-order valence-corrected chi connectivity index (χ4v) is 2.66. The second-order valence-corrected chi connectivity index (χ2v) is 5.80. The summed E-state index contributed by atoms with van der Waals surface area (Å²) in [5, 5.41) is 9.68. The summed E-state index contributed by atoms with van der Waals surface area (Å²) in [4.78, 5) is 14.2. The van der Waals surface area contributed by atoms with Crippen LogP contribution in [0.25, 0.3) is 0 Å². The van der Waals surface area contributed by atoms with Crippen LogP contribution in [0.4, 0.5) is 0 Å². The standard InChI is InChI=1S/C14H18INO3/c1-2-19-11-4-3-7-16(9-11)14(18)10-5-6-12(15)13(17)8-10/h5-6,8,11,17H,2-4,7,9H2,1H3. The zero-order valence-electron chi connectivity index (χ0n) is 10.9. The van der Waals surface area contributed by atoms with Crippen LogP contribution in [0, 0.1) is 3.57 Å². The zero-order chi connectivity index (χ0) is 13.8. The van der Waals surface area contributed by atoms with Gasteiger partial charge < -0.3 is 14.7 Å². The van der Waals surface area contributed by atoms with Gasteiger partial charge in [0.25, 0.3) is 5.91 Å². The highest BCUT2D eigenvalue weighted by Crippen LogP contribution is 2.22. The summed E-state index contributed by atoms with van der Waals surface area (Å²) in [5.74, 6) is 0.126. The van der Waals surface area contributed by atoms with E-state index in [1.54, 1.807) is 12.1 Å². The third-order valence-electron chi connectivity index (χ3n) is 3.26. The number of rotatable bonds is 3. The predicted octanol–water partition coefficient (Wildman–Crippen LogP) is 2.64.